The van der Waals surface area contributed by atoms with E-state index in [9.17, 15) is 9.59 Å². The Morgan fingerprint density at radius 2 is 2.04 bits per heavy atom. The van der Waals surface area contributed by atoms with Gasteiger partial charge in [-0.2, -0.15) is 0 Å². The highest BCUT2D eigenvalue weighted by Gasteiger charge is 2.37. The van der Waals surface area contributed by atoms with E-state index < -0.39 is 0 Å². The molecule has 0 aromatic heterocycles. The van der Waals surface area contributed by atoms with E-state index in [0.29, 0.717) is 26.2 Å². The van der Waals surface area contributed by atoms with Crippen LogP contribution in [0.15, 0.2) is 30.3 Å². The highest BCUT2D eigenvalue weighted by atomic mass is 35.5. The van der Waals surface area contributed by atoms with E-state index in [-0.39, 0.29) is 30.5 Å². The Bertz CT molecular complexity index is 521. The number of hydrogen-bond acceptors (Lipinski definition) is 4. The summed E-state index contributed by atoms with van der Waals surface area (Å²) in [6.45, 7) is 2.50. The van der Waals surface area contributed by atoms with Crippen molar-refractivity contribution in [2.45, 2.75) is 12.6 Å². The number of nitrogens with zero attached hydrogens (tertiary/aromatic N) is 2. The second-order valence-corrected chi connectivity index (χ2v) is 5.69. The lowest BCUT2D eigenvalue weighted by molar-refractivity contribution is -0.134. The molecule has 126 valence electrons. The van der Waals surface area contributed by atoms with E-state index in [1.54, 1.807) is 9.80 Å². The Kier molecular flexibility index (Phi) is 6.67. The van der Waals surface area contributed by atoms with Crippen LogP contribution in [0.4, 0.5) is 4.79 Å². The van der Waals surface area contributed by atoms with Gasteiger partial charge in [-0.3, -0.25) is 4.79 Å². The van der Waals surface area contributed by atoms with Crippen molar-refractivity contribution in [1.29, 1.82) is 0 Å². The summed E-state index contributed by atoms with van der Waals surface area (Å²) in [6, 6.07) is 9.55. The topological polar surface area (TPSA) is 61.9 Å². The number of halogens is 1. The summed E-state index contributed by atoms with van der Waals surface area (Å²) in [5.41, 5.74) is 0.950. The zero-order valence-corrected chi connectivity index (χ0v) is 14.0. The van der Waals surface area contributed by atoms with Crippen molar-refractivity contribution in [3.8, 4) is 0 Å². The number of ether oxygens (including phenoxy) is 1. The smallest absolute Gasteiger partial charge is 0.410 e. The van der Waals surface area contributed by atoms with Crippen molar-refractivity contribution in [3.05, 3.63) is 35.9 Å². The molecule has 7 heteroatoms. The summed E-state index contributed by atoms with van der Waals surface area (Å²) < 4.78 is 5.27. The normalized spacial score (nSPS) is 14.3. The molecule has 1 saturated heterocycles. The van der Waals surface area contributed by atoms with Crippen molar-refractivity contribution in [2.24, 2.45) is 0 Å². The number of amides is 2. The molecule has 1 heterocycles. The van der Waals surface area contributed by atoms with Gasteiger partial charge in [0, 0.05) is 26.2 Å². The van der Waals surface area contributed by atoms with Gasteiger partial charge in [-0.05, 0) is 12.6 Å². The summed E-state index contributed by atoms with van der Waals surface area (Å²) in [6.07, 6.45) is -0.350. The maximum atomic E-state index is 12.0. The first-order valence-electron chi connectivity index (χ1n) is 7.61. The molecule has 0 spiro atoms. The van der Waals surface area contributed by atoms with Crippen LogP contribution in [-0.2, 0) is 16.1 Å². The molecular formula is C16H22ClN3O3. The first kappa shape index (κ1) is 17.6. The number of hydrogen-bond donors (Lipinski definition) is 1. The molecule has 6 nitrogen and oxygen atoms in total. The summed E-state index contributed by atoms with van der Waals surface area (Å²) in [7, 11) is 1.83. The van der Waals surface area contributed by atoms with Gasteiger partial charge in [0.2, 0.25) is 5.91 Å². The van der Waals surface area contributed by atoms with E-state index in [2.05, 4.69) is 5.32 Å². The molecule has 2 rings (SSSR count). The molecule has 0 saturated carbocycles. The average molecular weight is 340 g/mol. The second-order valence-electron chi connectivity index (χ2n) is 5.42. The van der Waals surface area contributed by atoms with Gasteiger partial charge >= 0.3 is 6.09 Å². The van der Waals surface area contributed by atoms with Gasteiger partial charge in [0.1, 0.15) is 12.5 Å². The van der Waals surface area contributed by atoms with Gasteiger partial charge in [0.25, 0.3) is 0 Å². The minimum atomic E-state index is -0.350. The SMILES string of the molecule is CNCCN(C(=O)CCl)C1CN(C(=O)OCc2ccccc2)C1. The number of likely N-dealkylation sites (tertiary alicyclic amines) is 1. The summed E-state index contributed by atoms with van der Waals surface area (Å²) in [4.78, 5) is 27.2. The molecular weight excluding hydrogens is 318 g/mol. The van der Waals surface area contributed by atoms with Crippen molar-refractivity contribution in [2.75, 3.05) is 39.1 Å². The fourth-order valence-corrected chi connectivity index (χ4v) is 2.59. The molecule has 0 radical (unpaired) electrons. The molecule has 23 heavy (non-hydrogen) atoms. The quantitative estimate of drug-likeness (QED) is 0.761. The van der Waals surface area contributed by atoms with E-state index in [4.69, 9.17) is 16.3 Å². The van der Waals surface area contributed by atoms with Gasteiger partial charge in [-0.15, -0.1) is 11.6 Å². The van der Waals surface area contributed by atoms with E-state index in [0.717, 1.165) is 5.56 Å². The zero-order chi connectivity index (χ0) is 16.7. The third-order valence-corrected chi connectivity index (χ3v) is 4.03. The van der Waals surface area contributed by atoms with Crippen molar-refractivity contribution in [1.82, 2.24) is 15.1 Å². The fourth-order valence-electron chi connectivity index (χ4n) is 2.43. The predicted octanol–water partition coefficient (Wildman–Crippen LogP) is 1.29. The highest BCUT2D eigenvalue weighted by molar-refractivity contribution is 6.27. The average Bonchev–Trinajstić information content (AvgIpc) is 2.54. The highest BCUT2D eigenvalue weighted by Crippen LogP contribution is 2.17. The van der Waals surface area contributed by atoms with Crippen molar-refractivity contribution in [3.63, 3.8) is 0 Å². The molecule has 2 amide bonds. The maximum Gasteiger partial charge on any atom is 0.410 e. The number of likely N-dealkylation sites (N-methyl/N-ethyl adjacent to an activating group) is 1. The van der Waals surface area contributed by atoms with Crippen LogP contribution in [0.5, 0.6) is 0 Å². The van der Waals surface area contributed by atoms with Crippen LogP contribution in [0, 0.1) is 0 Å². The summed E-state index contributed by atoms with van der Waals surface area (Å²) >= 11 is 5.65. The number of carbonyl (C=O) groups excluding carboxylic acids is 2. The van der Waals surface area contributed by atoms with E-state index in [1.807, 2.05) is 37.4 Å². The molecule has 0 aliphatic carbocycles. The van der Waals surface area contributed by atoms with Crippen molar-refractivity contribution < 1.29 is 14.3 Å². The lowest BCUT2D eigenvalue weighted by atomic mass is 10.1. The minimum absolute atomic E-state index is 0.0128. The van der Waals surface area contributed by atoms with Crippen LogP contribution in [0.25, 0.3) is 0 Å². The molecule has 1 aromatic rings. The van der Waals surface area contributed by atoms with Gasteiger partial charge in [-0.25, -0.2) is 4.79 Å². The number of benzene rings is 1. The third kappa shape index (κ3) is 4.84. The van der Waals surface area contributed by atoms with Gasteiger partial charge in [-0.1, -0.05) is 30.3 Å². The second kappa shape index (κ2) is 8.74. The van der Waals surface area contributed by atoms with Gasteiger partial charge in [0.05, 0.1) is 6.04 Å². The Balaban J connectivity index is 1.77. The molecule has 1 aromatic carbocycles. The van der Waals surface area contributed by atoms with Gasteiger partial charge < -0.3 is 19.9 Å². The maximum absolute atomic E-state index is 12.0. The van der Waals surface area contributed by atoms with Crippen LogP contribution < -0.4 is 5.32 Å². The Labute approximate surface area is 141 Å². The lowest BCUT2D eigenvalue weighted by Gasteiger charge is -2.44. The molecule has 1 aliphatic heterocycles. The summed E-state index contributed by atoms with van der Waals surface area (Å²) in [5, 5.41) is 3.01. The lowest BCUT2D eigenvalue weighted by Crippen LogP contribution is -2.63. The molecule has 0 bridgehead atoms. The number of rotatable bonds is 7. The Morgan fingerprint density at radius 3 is 2.65 bits per heavy atom. The van der Waals surface area contributed by atoms with Crippen LogP contribution in [0.1, 0.15) is 5.56 Å². The monoisotopic (exact) mass is 339 g/mol. The summed E-state index contributed by atoms with van der Waals surface area (Å²) in [5.74, 6) is -0.150. The Hall–Kier alpha value is -1.79. The van der Waals surface area contributed by atoms with Crippen LogP contribution in [0.3, 0.4) is 0 Å². The zero-order valence-electron chi connectivity index (χ0n) is 13.2. The van der Waals surface area contributed by atoms with Crippen LogP contribution in [-0.4, -0.2) is 66.9 Å². The number of alkyl halides is 1. The molecule has 1 fully saturated rings. The number of nitrogens with one attached hydrogen (secondary N) is 1. The molecule has 0 unspecified atom stereocenters. The third-order valence-electron chi connectivity index (χ3n) is 3.80. The van der Waals surface area contributed by atoms with Crippen LogP contribution in [0.2, 0.25) is 0 Å². The number of carbonyl (C=O) groups is 2. The van der Waals surface area contributed by atoms with Gasteiger partial charge in [0.15, 0.2) is 0 Å². The predicted molar refractivity (Wildman–Crippen MR) is 88.3 cm³/mol. The first-order chi connectivity index (χ1) is 11.2. The van der Waals surface area contributed by atoms with Crippen molar-refractivity contribution >= 4 is 23.6 Å². The largest absolute Gasteiger partial charge is 0.445 e. The fraction of sp³-hybridized carbons (Fsp3) is 0.500. The molecule has 0 atom stereocenters. The minimum Gasteiger partial charge on any atom is -0.445 e. The van der Waals surface area contributed by atoms with E-state index >= 15 is 0 Å². The van der Waals surface area contributed by atoms with E-state index in [1.165, 1.54) is 0 Å². The Morgan fingerprint density at radius 1 is 1.35 bits per heavy atom. The first-order valence-corrected chi connectivity index (χ1v) is 8.14. The molecule has 1 aliphatic rings. The standard InChI is InChI=1S/C16H22ClN3O3/c1-18-7-8-20(15(21)9-17)14-10-19(11-14)16(22)23-12-13-5-3-2-4-6-13/h2-6,14,18H,7-12H2,1H3. The van der Waals surface area contributed by atoms with Crippen LogP contribution >= 0.6 is 11.6 Å². The molecule has 1 N–H and O–H groups in total.